The molecule has 1 atom stereocenters. The molecule has 17 heavy (non-hydrogen) atoms. The van der Waals surface area contributed by atoms with Crippen LogP contribution < -0.4 is 5.32 Å². The van der Waals surface area contributed by atoms with Crippen molar-refractivity contribution in [2.24, 2.45) is 0 Å². The maximum absolute atomic E-state index is 11.8. The molecule has 0 saturated carbocycles. The van der Waals surface area contributed by atoms with Crippen LogP contribution in [0, 0.1) is 13.8 Å². The lowest BCUT2D eigenvalue weighted by molar-refractivity contribution is -0.142. The van der Waals surface area contributed by atoms with Gasteiger partial charge >= 0.3 is 0 Å². The molecule has 0 bridgehead atoms. The van der Waals surface area contributed by atoms with Crippen molar-refractivity contribution in [1.82, 2.24) is 15.4 Å². The van der Waals surface area contributed by atoms with Crippen molar-refractivity contribution in [3.05, 3.63) is 17.0 Å². The van der Waals surface area contributed by atoms with Crippen LogP contribution >= 0.6 is 0 Å². The summed E-state index contributed by atoms with van der Waals surface area (Å²) in [6.07, 6.45) is 0. The molecule has 6 nitrogen and oxygen atoms in total. The first-order valence-electron chi connectivity index (χ1n) is 5.49. The van der Waals surface area contributed by atoms with Crippen molar-refractivity contribution >= 4 is 11.8 Å². The first-order valence-corrected chi connectivity index (χ1v) is 5.49. The van der Waals surface area contributed by atoms with Crippen LogP contribution in [0.3, 0.4) is 0 Å². The summed E-state index contributed by atoms with van der Waals surface area (Å²) in [6, 6.07) is -0.195. The van der Waals surface area contributed by atoms with Crippen molar-refractivity contribution in [2.45, 2.75) is 26.8 Å². The third kappa shape index (κ3) is 2.02. The zero-order valence-corrected chi connectivity index (χ0v) is 10.1. The highest BCUT2D eigenvalue weighted by Gasteiger charge is 2.30. The van der Waals surface area contributed by atoms with Gasteiger partial charge < -0.3 is 14.7 Å². The second-order valence-corrected chi connectivity index (χ2v) is 4.21. The summed E-state index contributed by atoms with van der Waals surface area (Å²) in [7, 11) is 0. The van der Waals surface area contributed by atoms with Gasteiger partial charge in [-0.05, 0) is 20.8 Å². The summed E-state index contributed by atoms with van der Waals surface area (Å²) >= 11 is 0. The molecular formula is C11H15N3O3. The fraction of sp³-hybridized carbons (Fsp3) is 0.545. The highest BCUT2D eigenvalue weighted by molar-refractivity contribution is 5.92. The summed E-state index contributed by atoms with van der Waals surface area (Å²) in [5.41, 5.74) is 1.64. The lowest BCUT2D eigenvalue weighted by Gasteiger charge is -2.32. The third-order valence-electron chi connectivity index (χ3n) is 3.04. The summed E-state index contributed by atoms with van der Waals surface area (Å²) in [5, 5.41) is 6.38. The van der Waals surface area contributed by atoms with E-state index < -0.39 is 0 Å². The van der Waals surface area contributed by atoms with Gasteiger partial charge in [-0.25, -0.2) is 0 Å². The quantitative estimate of drug-likeness (QED) is 0.803. The zero-order chi connectivity index (χ0) is 12.6. The fourth-order valence-corrected chi connectivity index (χ4v) is 2.17. The van der Waals surface area contributed by atoms with Crippen LogP contribution in [0.4, 0.5) is 0 Å². The molecule has 92 valence electrons. The molecule has 0 radical (unpaired) electrons. The van der Waals surface area contributed by atoms with E-state index in [0.29, 0.717) is 5.76 Å². The van der Waals surface area contributed by atoms with Gasteiger partial charge in [-0.3, -0.25) is 9.59 Å². The summed E-state index contributed by atoms with van der Waals surface area (Å²) in [6.45, 7) is 5.66. The lowest BCUT2D eigenvalue weighted by atomic mass is 10.0. The van der Waals surface area contributed by atoms with Crippen LogP contribution in [0.2, 0.25) is 0 Å². The molecule has 1 N–H and O–H groups in total. The number of nitrogens with one attached hydrogen (secondary N) is 1. The van der Waals surface area contributed by atoms with Crippen LogP contribution in [0.15, 0.2) is 4.52 Å². The Hall–Kier alpha value is -1.85. The average molecular weight is 237 g/mol. The number of piperazine rings is 1. The highest BCUT2D eigenvalue weighted by atomic mass is 16.5. The molecule has 1 aliphatic heterocycles. The summed E-state index contributed by atoms with van der Waals surface area (Å²) in [4.78, 5) is 24.6. The Balaban J connectivity index is 2.27. The molecular weight excluding hydrogens is 222 g/mol. The van der Waals surface area contributed by atoms with Crippen molar-refractivity contribution in [3.8, 4) is 0 Å². The van der Waals surface area contributed by atoms with Crippen molar-refractivity contribution in [1.29, 1.82) is 0 Å². The normalized spacial score (nSPS) is 18.2. The minimum atomic E-state index is -0.195. The predicted octanol–water partition coefficient (Wildman–Crippen LogP) is 0.311. The van der Waals surface area contributed by atoms with Crippen molar-refractivity contribution < 1.29 is 14.1 Å². The molecule has 1 aromatic heterocycles. The third-order valence-corrected chi connectivity index (χ3v) is 3.04. The molecule has 0 aliphatic carbocycles. The second-order valence-electron chi connectivity index (χ2n) is 4.21. The number of nitrogens with zero attached hydrogens (tertiary/aromatic N) is 2. The number of aromatic nitrogens is 1. The average Bonchev–Trinajstić information content (AvgIpc) is 2.61. The van der Waals surface area contributed by atoms with Crippen molar-refractivity contribution in [3.63, 3.8) is 0 Å². The van der Waals surface area contributed by atoms with Crippen LogP contribution in [-0.2, 0) is 9.59 Å². The van der Waals surface area contributed by atoms with E-state index in [1.165, 1.54) is 0 Å². The molecule has 2 amide bonds. The molecule has 0 aromatic carbocycles. The highest BCUT2D eigenvalue weighted by Crippen LogP contribution is 2.26. The van der Waals surface area contributed by atoms with E-state index >= 15 is 0 Å². The first-order chi connectivity index (χ1) is 8.00. The van der Waals surface area contributed by atoms with Gasteiger partial charge in [-0.15, -0.1) is 0 Å². The molecule has 2 heterocycles. The Bertz CT molecular complexity index is 447. The molecule has 1 saturated heterocycles. The van der Waals surface area contributed by atoms with Gasteiger partial charge in [0, 0.05) is 5.56 Å². The van der Waals surface area contributed by atoms with Gasteiger partial charge in [0.05, 0.1) is 18.3 Å². The SMILES string of the molecule is Cc1noc(C)c1C(C)N1CC(=O)NCC1=O. The van der Waals surface area contributed by atoms with Gasteiger partial charge in [0.25, 0.3) is 0 Å². The number of aryl methyl sites for hydroxylation is 2. The number of carbonyl (C=O) groups is 2. The molecule has 1 aliphatic rings. The predicted molar refractivity (Wildman–Crippen MR) is 59.1 cm³/mol. The van der Waals surface area contributed by atoms with E-state index in [-0.39, 0.29) is 30.9 Å². The topological polar surface area (TPSA) is 75.4 Å². The monoisotopic (exact) mass is 237 g/mol. The number of hydrogen-bond donors (Lipinski definition) is 1. The lowest BCUT2D eigenvalue weighted by Crippen LogP contribution is -2.52. The number of rotatable bonds is 2. The van der Waals surface area contributed by atoms with Crippen LogP contribution in [0.25, 0.3) is 0 Å². The Morgan fingerprint density at radius 2 is 2.12 bits per heavy atom. The number of amides is 2. The minimum absolute atomic E-state index is 0.0621. The van der Waals surface area contributed by atoms with E-state index in [0.717, 1.165) is 11.3 Å². The maximum atomic E-state index is 11.8. The summed E-state index contributed by atoms with van der Waals surface area (Å²) in [5.74, 6) is 0.467. The van der Waals surface area contributed by atoms with Crippen LogP contribution in [-0.4, -0.2) is 35.0 Å². The Kier molecular flexibility index (Phi) is 2.87. The zero-order valence-electron chi connectivity index (χ0n) is 10.1. The standard InChI is InChI=1S/C11H15N3O3/c1-6-11(8(3)17-13-6)7(2)14-5-9(15)12-4-10(14)16/h7H,4-5H2,1-3H3,(H,12,15). The summed E-state index contributed by atoms with van der Waals surface area (Å²) < 4.78 is 5.08. The Morgan fingerprint density at radius 1 is 1.41 bits per heavy atom. The van der Waals surface area contributed by atoms with Crippen LogP contribution in [0.5, 0.6) is 0 Å². The molecule has 1 fully saturated rings. The van der Waals surface area contributed by atoms with E-state index in [1.807, 2.05) is 13.8 Å². The molecule has 2 rings (SSSR count). The number of carbonyl (C=O) groups excluding carboxylic acids is 2. The van der Waals surface area contributed by atoms with Gasteiger partial charge in [0.1, 0.15) is 12.3 Å². The van der Waals surface area contributed by atoms with E-state index in [9.17, 15) is 9.59 Å². The fourth-order valence-electron chi connectivity index (χ4n) is 2.17. The number of hydrogen-bond acceptors (Lipinski definition) is 4. The van der Waals surface area contributed by atoms with E-state index in [4.69, 9.17) is 4.52 Å². The molecule has 1 unspecified atom stereocenters. The van der Waals surface area contributed by atoms with Gasteiger partial charge in [-0.1, -0.05) is 5.16 Å². The van der Waals surface area contributed by atoms with E-state index in [2.05, 4.69) is 10.5 Å². The van der Waals surface area contributed by atoms with Gasteiger partial charge in [-0.2, -0.15) is 0 Å². The van der Waals surface area contributed by atoms with Gasteiger partial charge in [0.2, 0.25) is 11.8 Å². The smallest absolute Gasteiger partial charge is 0.242 e. The Labute approximate surface area is 98.9 Å². The minimum Gasteiger partial charge on any atom is -0.361 e. The largest absolute Gasteiger partial charge is 0.361 e. The second kappa shape index (κ2) is 4.20. The molecule has 1 aromatic rings. The van der Waals surface area contributed by atoms with Gasteiger partial charge in [0.15, 0.2) is 0 Å². The maximum Gasteiger partial charge on any atom is 0.242 e. The molecule has 0 spiro atoms. The Morgan fingerprint density at radius 3 is 2.71 bits per heavy atom. The first kappa shape index (κ1) is 11.6. The van der Waals surface area contributed by atoms with Crippen molar-refractivity contribution in [2.75, 3.05) is 13.1 Å². The van der Waals surface area contributed by atoms with E-state index in [1.54, 1.807) is 11.8 Å². The molecule has 6 heteroatoms. The van der Waals surface area contributed by atoms with Crippen LogP contribution in [0.1, 0.15) is 30.0 Å².